The number of aromatic nitrogens is 2. The van der Waals surface area contributed by atoms with Crippen molar-refractivity contribution in [1.29, 1.82) is 0 Å². The Balaban J connectivity index is 0.00000192. The molecule has 0 bridgehead atoms. The summed E-state index contributed by atoms with van der Waals surface area (Å²) in [5.74, 6) is 2.41. The number of hydrogen-bond acceptors (Lipinski definition) is 5. The number of nitrogens with zero attached hydrogens (tertiary/aromatic N) is 4. The molecule has 23 heavy (non-hydrogen) atoms. The van der Waals surface area contributed by atoms with Crippen molar-refractivity contribution in [3.63, 3.8) is 0 Å². The van der Waals surface area contributed by atoms with Crippen molar-refractivity contribution < 1.29 is 9.26 Å². The van der Waals surface area contributed by atoms with E-state index in [1.807, 2.05) is 14.0 Å². The normalized spacial score (nSPS) is 24.3. The first-order chi connectivity index (χ1) is 10.7. The van der Waals surface area contributed by atoms with Gasteiger partial charge in [-0.2, -0.15) is 4.98 Å². The molecule has 2 aliphatic rings. The van der Waals surface area contributed by atoms with Gasteiger partial charge in [-0.3, -0.25) is 4.99 Å². The first-order valence-corrected chi connectivity index (χ1v) is 8.09. The van der Waals surface area contributed by atoms with Gasteiger partial charge in [-0.05, 0) is 12.8 Å². The highest BCUT2D eigenvalue weighted by molar-refractivity contribution is 14.0. The van der Waals surface area contributed by atoms with Gasteiger partial charge in [0.2, 0.25) is 5.89 Å². The van der Waals surface area contributed by atoms with Crippen molar-refractivity contribution in [3.8, 4) is 0 Å². The summed E-state index contributed by atoms with van der Waals surface area (Å²) in [6, 6.07) is 0. The maximum atomic E-state index is 5.58. The van der Waals surface area contributed by atoms with Crippen molar-refractivity contribution in [1.82, 2.24) is 20.4 Å². The predicted molar refractivity (Wildman–Crippen MR) is 98.2 cm³/mol. The molecule has 1 aromatic heterocycles. The average molecular weight is 435 g/mol. The molecule has 2 saturated heterocycles. The van der Waals surface area contributed by atoms with Gasteiger partial charge in [0.05, 0.1) is 6.61 Å². The Kier molecular flexibility index (Phi) is 6.63. The molecule has 7 nitrogen and oxygen atoms in total. The Morgan fingerprint density at radius 1 is 1.43 bits per heavy atom. The van der Waals surface area contributed by atoms with Crippen molar-refractivity contribution in [3.05, 3.63) is 11.7 Å². The average Bonchev–Trinajstić information content (AvgIpc) is 3.26. The fourth-order valence-corrected chi connectivity index (χ4v) is 3.24. The molecule has 3 heterocycles. The van der Waals surface area contributed by atoms with Gasteiger partial charge in [0.25, 0.3) is 0 Å². The first kappa shape index (κ1) is 18.4. The van der Waals surface area contributed by atoms with Crippen LogP contribution in [0.5, 0.6) is 0 Å². The van der Waals surface area contributed by atoms with Gasteiger partial charge in [0.1, 0.15) is 0 Å². The molecule has 0 saturated carbocycles. The zero-order valence-electron chi connectivity index (χ0n) is 13.9. The summed E-state index contributed by atoms with van der Waals surface area (Å²) in [7, 11) is 1.84. The smallest absolute Gasteiger partial charge is 0.226 e. The molecule has 3 rings (SSSR count). The molecule has 1 atom stereocenters. The minimum absolute atomic E-state index is 0. The Hall–Kier alpha value is -0.900. The van der Waals surface area contributed by atoms with Crippen molar-refractivity contribution in [2.24, 2.45) is 10.4 Å². The van der Waals surface area contributed by atoms with Gasteiger partial charge in [-0.15, -0.1) is 24.0 Å². The van der Waals surface area contributed by atoms with E-state index in [-0.39, 0.29) is 24.0 Å². The first-order valence-electron chi connectivity index (χ1n) is 8.09. The Labute approximate surface area is 154 Å². The number of rotatable bonds is 4. The topological polar surface area (TPSA) is 75.8 Å². The van der Waals surface area contributed by atoms with E-state index in [1.54, 1.807) is 0 Å². The van der Waals surface area contributed by atoms with Crippen LogP contribution in [0.15, 0.2) is 9.52 Å². The van der Waals surface area contributed by atoms with Crippen LogP contribution in [-0.2, 0) is 17.6 Å². The molecule has 0 aliphatic carbocycles. The van der Waals surface area contributed by atoms with Crippen LogP contribution in [0.3, 0.4) is 0 Å². The number of nitrogens with one attached hydrogen (secondary N) is 1. The van der Waals surface area contributed by atoms with Gasteiger partial charge >= 0.3 is 0 Å². The van der Waals surface area contributed by atoms with Gasteiger partial charge < -0.3 is 19.5 Å². The second kappa shape index (κ2) is 8.27. The third kappa shape index (κ3) is 4.34. The number of aryl methyl sites for hydroxylation is 1. The fourth-order valence-electron chi connectivity index (χ4n) is 3.24. The van der Waals surface area contributed by atoms with E-state index in [2.05, 4.69) is 25.3 Å². The van der Waals surface area contributed by atoms with E-state index in [4.69, 9.17) is 9.26 Å². The largest absolute Gasteiger partial charge is 0.381 e. The molecule has 0 aromatic carbocycles. The number of likely N-dealkylation sites (tertiary alicyclic amines) is 1. The second-order valence-corrected chi connectivity index (χ2v) is 6.16. The molecule has 1 N–H and O–H groups in total. The Morgan fingerprint density at radius 2 is 2.30 bits per heavy atom. The quantitative estimate of drug-likeness (QED) is 0.439. The molecule has 1 unspecified atom stereocenters. The number of ether oxygens (including phenoxy) is 1. The minimum Gasteiger partial charge on any atom is -0.381 e. The highest BCUT2D eigenvalue weighted by atomic mass is 127. The molecule has 1 aromatic rings. The van der Waals surface area contributed by atoms with Crippen molar-refractivity contribution >= 4 is 29.9 Å². The molecule has 8 heteroatoms. The van der Waals surface area contributed by atoms with Crippen molar-refractivity contribution in [2.45, 2.75) is 32.6 Å². The number of guanidine groups is 1. The lowest BCUT2D eigenvalue weighted by Crippen LogP contribution is -2.42. The highest BCUT2D eigenvalue weighted by Crippen LogP contribution is 2.38. The van der Waals surface area contributed by atoms with E-state index < -0.39 is 0 Å². The summed E-state index contributed by atoms with van der Waals surface area (Å²) >= 11 is 0. The monoisotopic (exact) mass is 435 g/mol. The van der Waals surface area contributed by atoms with Gasteiger partial charge in [0.15, 0.2) is 11.8 Å². The summed E-state index contributed by atoms with van der Waals surface area (Å²) in [5.41, 5.74) is 0.349. The van der Waals surface area contributed by atoms with Gasteiger partial charge in [0, 0.05) is 51.5 Å². The lowest BCUT2D eigenvalue weighted by atomic mass is 9.87. The Morgan fingerprint density at radius 3 is 2.96 bits per heavy atom. The predicted octanol–water partition coefficient (Wildman–Crippen LogP) is 1.48. The number of halogens is 1. The molecule has 130 valence electrons. The standard InChI is InChI=1S/C15H25N5O2.HI/c1-3-13-18-12(19-22-13)4-7-17-14(16-2)20-8-5-15(10-20)6-9-21-11-15;/h3-11H2,1-2H3,(H,16,17);1H. The number of hydrogen-bond donors (Lipinski definition) is 1. The summed E-state index contributed by atoms with van der Waals surface area (Å²) in [6.07, 6.45) is 3.88. The summed E-state index contributed by atoms with van der Waals surface area (Å²) in [4.78, 5) is 11.1. The van der Waals surface area contributed by atoms with E-state index in [0.717, 1.165) is 57.5 Å². The Bertz CT molecular complexity index is 528. The third-order valence-electron chi connectivity index (χ3n) is 4.58. The van der Waals surface area contributed by atoms with E-state index >= 15 is 0 Å². The van der Waals surface area contributed by atoms with Crippen LogP contribution in [0, 0.1) is 5.41 Å². The molecular formula is C15H26IN5O2. The molecule has 0 amide bonds. The summed E-state index contributed by atoms with van der Waals surface area (Å²) in [6.45, 7) is 6.64. The maximum Gasteiger partial charge on any atom is 0.226 e. The van der Waals surface area contributed by atoms with Crippen LogP contribution in [0.1, 0.15) is 31.5 Å². The molecular weight excluding hydrogens is 409 g/mol. The van der Waals surface area contributed by atoms with Crippen LogP contribution < -0.4 is 5.32 Å². The molecule has 2 fully saturated rings. The summed E-state index contributed by atoms with van der Waals surface area (Å²) in [5, 5.41) is 7.38. The van der Waals surface area contributed by atoms with Gasteiger partial charge in [-0.1, -0.05) is 12.1 Å². The van der Waals surface area contributed by atoms with Crippen LogP contribution >= 0.6 is 24.0 Å². The van der Waals surface area contributed by atoms with E-state index in [1.165, 1.54) is 12.8 Å². The summed E-state index contributed by atoms with van der Waals surface area (Å²) < 4.78 is 10.7. The van der Waals surface area contributed by atoms with E-state index in [9.17, 15) is 0 Å². The highest BCUT2D eigenvalue weighted by Gasteiger charge is 2.42. The zero-order valence-corrected chi connectivity index (χ0v) is 16.2. The molecule has 1 spiro atoms. The SMILES string of the molecule is CCc1nc(CCNC(=NC)N2CCC3(CCOC3)C2)no1.I. The van der Waals surface area contributed by atoms with Crippen LogP contribution in [-0.4, -0.2) is 60.9 Å². The third-order valence-corrected chi connectivity index (χ3v) is 4.58. The molecule has 0 radical (unpaired) electrons. The van der Waals surface area contributed by atoms with Crippen LogP contribution in [0.25, 0.3) is 0 Å². The fraction of sp³-hybridized carbons (Fsp3) is 0.800. The lowest BCUT2D eigenvalue weighted by Gasteiger charge is -2.24. The number of aliphatic imine (C=N–C) groups is 1. The second-order valence-electron chi connectivity index (χ2n) is 6.16. The van der Waals surface area contributed by atoms with Gasteiger partial charge in [-0.25, -0.2) is 0 Å². The zero-order chi connectivity index (χ0) is 15.4. The van der Waals surface area contributed by atoms with Crippen molar-refractivity contribution in [2.75, 3.05) is 39.9 Å². The molecule has 2 aliphatic heterocycles. The lowest BCUT2D eigenvalue weighted by molar-refractivity contribution is 0.156. The minimum atomic E-state index is 0. The van der Waals surface area contributed by atoms with E-state index in [0.29, 0.717) is 11.3 Å². The maximum absolute atomic E-state index is 5.58. The van der Waals surface area contributed by atoms with Crippen LogP contribution in [0.4, 0.5) is 0 Å². The van der Waals surface area contributed by atoms with Crippen LogP contribution in [0.2, 0.25) is 0 Å².